The molecule has 1 amide bonds. The van der Waals surface area contributed by atoms with Crippen molar-refractivity contribution in [2.75, 3.05) is 5.32 Å². The Labute approximate surface area is 128 Å². The summed E-state index contributed by atoms with van der Waals surface area (Å²) in [5.74, 6) is -1.85. The normalized spacial score (nSPS) is 30.5. The summed E-state index contributed by atoms with van der Waals surface area (Å²) in [7, 11) is 0. The van der Waals surface area contributed by atoms with Gasteiger partial charge in [0.25, 0.3) is 0 Å². The lowest BCUT2D eigenvalue weighted by molar-refractivity contribution is -0.147. The largest absolute Gasteiger partial charge is 0.481 e. The van der Waals surface area contributed by atoms with Gasteiger partial charge in [0, 0.05) is 11.5 Å². The molecule has 0 aromatic carbocycles. The summed E-state index contributed by atoms with van der Waals surface area (Å²) in [4.78, 5) is 23.8. The zero-order valence-corrected chi connectivity index (χ0v) is 12.8. The predicted octanol–water partition coefficient (Wildman–Crippen LogP) is 1.79. The molecular weight excluding hydrogens is 288 g/mol. The maximum Gasteiger partial charge on any atom is 0.310 e. The number of carbonyl (C=O) groups is 2. The third kappa shape index (κ3) is 2.49. The van der Waals surface area contributed by atoms with Gasteiger partial charge in [-0.15, -0.1) is 0 Å². The molecule has 22 heavy (non-hydrogen) atoms. The van der Waals surface area contributed by atoms with Crippen molar-refractivity contribution < 1.29 is 24.0 Å². The summed E-state index contributed by atoms with van der Waals surface area (Å²) in [5.41, 5.74) is -0.213. The molecule has 2 fully saturated rings. The Balaban J connectivity index is 1.74. The minimum atomic E-state index is -0.983. The molecule has 0 radical (unpaired) electrons. The zero-order chi connectivity index (χ0) is 16.1. The van der Waals surface area contributed by atoms with E-state index in [9.17, 15) is 14.7 Å². The van der Waals surface area contributed by atoms with E-state index in [1.54, 1.807) is 6.07 Å². The Kier molecular flexibility index (Phi) is 3.47. The fourth-order valence-corrected chi connectivity index (χ4v) is 3.22. The SMILES string of the molecule is CC(C)(C)c1cc(NC(=O)[C@@H]2[C@@H](C(=O)O)[C@H]3CC[C@@H]2O3)no1. The number of nitrogens with zero attached hydrogens (tertiary/aromatic N) is 1. The van der Waals surface area contributed by atoms with Crippen LogP contribution in [-0.2, 0) is 19.7 Å². The number of nitrogens with one attached hydrogen (secondary N) is 1. The second-order valence-electron chi connectivity index (χ2n) is 7.00. The smallest absolute Gasteiger partial charge is 0.310 e. The molecule has 2 aliphatic rings. The van der Waals surface area contributed by atoms with E-state index in [-0.39, 0.29) is 23.5 Å². The molecule has 4 atom stereocenters. The summed E-state index contributed by atoms with van der Waals surface area (Å²) in [6.07, 6.45) is 0.739. The number of carbonyl (C=O) groups excluding carboxylic acids is 1. The van der Waals surface area contributed by atoms with E-state index in [2.05, 4.69) is 10.5 Å². The van der Waals surface area contributed by atoms with Crippen molar-refractivity contribution in [1.82, 2.24) is 5.16 Å². The van der Waals surface area contributed by atoms with Crippen molar-refractivity contribution in [1.29, 1.82) is 0 Å². The Hall–Kier alpha value is -1.89. The highest BCUT2D eigenvalue weighted by atomic mass is 16.5. The molecule has 7 heteroatoms. The van der Waals surface area contributed by atoms with E-state index in [1.807, 2.05) is 20.8 Å². The quantitative estimate of drug-likeness (QED) is 0.882. The molecule has 3 rings (SSSR count). The van der Waals surface area contributed by atoms with Crippen LogP contribution in [0.1, 0.15) is 39.4 Å². The van der Waals surface area contributed by atoms with Crippen LogP contribution in [0.5, 0.6) is 0 Å². The van der Waals surface area contributed by atoms with Gasteiger partial charge in [-0.3, -0.25) is 9.59 Å². The van der Waals surface area contributed by atoms with E-state index in [0.29, 0.717) is 18.0 Å². The molecule has 3 heterocycles. The highest BCUT2D eigenvalue weighted by Crippen LogP contribution is 2.44. The number of carboxylic acids is 1. The average molecular weight is 308 g/mol. The molecule has 2 bridgehead atoms. The van der Waals surface area contributed by atoms with Crippen LogP contribution in [0.25, 0.3) is 0 Å². The Morgan fingerprint density at radius 1 is 1.27 bits per heavy atom. The second kappa shape index (κ2) is 5.08. The van der Waals surface area contributed by atoms with E-state index in [1.165, 1.54) is 0 Å². The Morgan fingerprint density at radius 3 is 2.45 bits per heavy atom. The molecule has 1 aromatic rings. The summed E-state index contributed by atoms with van der Waals surface area (Å²) in [6, 6.07) is 1.67. The first-order valence-electron chi connectivity index (χ1n) is 7.43. The molecule has 7 nitrogen and oxygen atoms in total. The summed E-state index contributed by atoms with van der Waals surface area (Å²) in [5, 5.41) is 15.8. The Bertz CT molecular complexity index is 603. The molecule has 0 aliphatic carbocycles. The van der Waals surface area contributed by atoms with Crippen LogP contribution in [0.15, 0.2) is 10.6 Å². The number of fused-ring (bicyclic) bond motifs is 2. The van der Waals surface area contributed by atoms with Crippen LogP contribution < -0.4 is 5.32 Å². The Morgan fingerprint density at radius 2 is 1.91 bits per heavy atom. The lowest BCUT2D eigenvalue weighted by Gasteiger charge is -2.23. The fourth-order valence-electron chi connectivity index (χ4n) is 3.22. The van der Waals surface area contributed by atoms with Crippen LogP contribution in [0.2, 0.25) is 0 Å². The summed E-state index contributed by atoms with van der Waals surface area (Å²) < 4.78 is 10.8. The molecule has 0 spiro atoms. The van der Waals surface area contributed by atoms with Crippen molar-refractivity contribution in [3.8, 4) is 0 Å². The van der Waals surface area contributed by atoms with Gasteiger partial charge in [0.1, 0.15) is 5.76 Å². The number of hydrogen-bond acceptors (Lipinski definition) is 5. The van der Waals surface area contributed by atoms with E-state index < -0.39 is 17.8 Å². The highest BCUT2D eigenvalue weighted by molar-refractivity contribution is 5.95. The van der Waals surface area contributed by atoms with Crippen LogP contribution in [0, 0.1) is 11.8 Å². The van der Waals surface area contributed by atoms with Gasteiger partial charge >= 0.3 is 5.97 Å². The maximum absolute atomic E-state index is 12.4. The molecule has 0 unspecified atom stereocenters. The zero-order valence-electron chi connectivity index (χ0n) is 12.8. The van der Waals surface area contributed by atoms with Gasteiger partial charge in [-0.2, -0.15) is 0 Å². The molecule has 2 aliphatic heterocycles. The van der Waals surface area contributed by atoms with Gasteiger partial charge < -0.3 is 19.7 Å². The number of hydrogen-bond donors (Lipinski definition) is 2. The van der Waals surface area contributed by atoms with E-state index >= 15 is 0 Å². The second-order valence-corrected chi connectivity index (χ2v) is 7.00. The topological polar surface area (TPSA) is 102 Å². The average Bonchev–Trinajstić information content (AvgIpc) is 3.11. The number of aromatic nitrogens is 1. The molecular formula is C15H20N2O5. The molecule has 2 N–H and O–H groups in total. The first-order valence-corrected chi connectivity index (χ1v) is 7.43. The van der Waals surface area contributed by atoms with Crippen molar-refractivity contribution in [3.05, 3.63) is 11.8 Å². The van der Waals surface area contributed by atoms with Gasteiger partial charge in [-0.1, -0.05) is 25.9 Å². The van der Waals surface area contributed by atoms with Crippen LogP contribution >= 0.6 is 0 Å². The van der Waals surface area contributed by atoms with Gasteiger partial charge in [0.15, 0.2) is 5.82 Å². The first-order chi connectivity index (χ1) is 10.3. The van der Waals surface area contributed by atoms with Gasteiger partial charge in [-0.05, 0) is 12.8 Å². The van der Waals surface area contributed by atoms with Crippen LogP contribution in [-0.4, -0.2) is 34.3 Å². The van der Waals surface area contributed by atoms with E-state index in [0.717, 1.165) is 6.42 Å². The fraction of sp³-hybridized carbons (Fsp3) is 0.667. The van der Waals surface area contributed by atoms with Crippen molar-refractivity contribution in [3.63, 3.8) is 0 Å². The monoisotopic (exact) mass is 308 g/mol. The predicted molar refractivity (Wildman–Crippen MR) is 76.3 cm³/mol. The summed E-state index contributed by atoms with van der Waals surface area (Å²) in [6.45, 7) is 5.93. The molecule has 1 aromatic heterocycles. The number of ether oxygens (including phenoxy) is 1. The molecule has 2 saturated heterocycles. The number of rotatable bonds is 3. The van der Waals surface area contributed by atoms with Crippen molar-refractivity contribution in [2.24, 2.45) is 11.8 Å². The number of anilines is 1. The molecule has 120 valence electrons. The number of carboxylic acid groups (broad SMARTS) is 1. The van der Waals surface area contributed by atoms with E-state index in [4.69, 9.17) is 9.26 Å². The molecule has 0 saturated carbocycles. The lowest BCUT2D eigenvalue weighted by Crippen LogP contribution is -2.41. The van der Waals surface area contributed by atoms with Gasteiger partial charge in [0.05, 0.1) is 24.0 Å². The number of amides is 1. The van der Waals surface area contributed by atoms with Crippen LogP contribution in [0.3, 0.4) is 0 Å². The first kappa shape index (κ1) is 15.0. The minimum Gasteiger partial charge on any atom is -0.481 e. The summed E-state index contributed by atoms with van der Waals surface area (Å²) >= 11 is 0. The van der Waals surface area contributed by atoms with Crippen LogP contribution in [0.4, 0.5) is 5.82 Å². The van der Waals surface area contributed by atoms with Crippen molar-refractivity contribution >= 4 is 17.7 Å². The third-order valence-electron chi connectivity index (χ3n) is 4.36. The standard InChI is InChI=1S/C15H20N2O5/c1-15(2,3)9-6-10(17-22-9)16-13(18)11-7-4-5-8(21-7)12(11)14(19)20/h6-8,11-12H,4-5H2,1-3H3,(H,19,20)(H,16,17,18)/t7-,8+,11-,12-/m0/s1. The maximum atomic E-state index is 12.4. The van der Waals surface area contributed by atoms with Gasteiger partial charge in [-0.25, -0.2) is 0 Å². The third-order valence-corrected chi connectivity index (χ3v) is 4.36. The highest BCUT2D eigenvalue weighted by Gasteiger charge is 2.55. The van der Waals surface area contributed by atoms with Gasteiger partial charge in [0.2, 0.25) is 5.91 Å². The minimum absolute atomic E-state index is 0.213. The lowest BCUT2D eigenvalue weighted by atomic mass is 9.79. The number of aliphatic carboxylic acids is 1. The van der Waals surface area contributed by atoms with Crippen molar-refractivity contribution in [2.45, 2.75) is 51.2 Å².